The number of thiophene rings is 1. The van der Waals surface area contributed by atoms with E-state index in [1.807, 2.05) is 13.8 Å². The van der Waals surface area contributed by atoms with Crippen LogP contribution in [0.5, 0.6) is 0 Å². The number of halogens is 1. The highest BCUT2D eigenvalue weighted by Crippen LogP contribution is 2.30. The minimum absolute atomic E-state index is 0.100. The Hall–Kier alpha value is -2.36. The van der Waals surface area contributed by atoms with E-state index in [4.69, 9.17) is 22.3 Å². The largest absolute Gasteiger partial charge is 0.369 e. The number of amides is 2. The average Bonchev–Trinajstić information content (AvgIpc) is 3.06. The first-order valence-corrected chi connectivity index (χ1v) is 12.4. The molecule has 1 aromatic carbocycles. The summed E-state index contributed by atoms with van der Waals surface area (Å²) in [5.41, 5.74) is 6.83. The van der Waals surface area contributed by atoms with Gasteiger partial charge in [-0.3, -0.25) is 19.0 Å². The van der Waals surface area contributed by atoms with Crippen LogP contribution in [0.1, 0.15) is 23.3 Å². The zero-order chi connectivity index (χ0) is 23.0. The molecular weight excluding hydrogens is 468 g/mol. The van der Waals surface area contributed by atoms with Crippen LogP contribution in [0.4, 0.5) is 0 Å². The van der Waals surface area contributed by atoms with E-state index in [2.05, 4.69) is 0 Å². The Bertz CT molecular complexity index is 1250. The SMILES string of the molecule is Cc1sc2nc(SCC(=O)N3CCCC(C(N)=O)C3)n(-c3ccc(Cl)cc3)c(=O)c2c1C. The average molecular weight is 491 g/mol. The number of aromatic nitrogens is 2. The van der Waals surface area contributed by atoms with Gasteiger partial charge in [-0.2, -0.15) is 0 Å². The lowest BCUT2D eigenvalue weighted by molar-refractivity contribution is -0.132. The molecular formula is C22H23ClN4O3S2. The van der Waals surface area contributed by atoms with Crippen LogP contribution in [0.25, 0.3) is 15.9 Å². The van der Waals surface area contributed by atoms with Gasteiger partial charge >= 0.3 is 0 Å². The minimum Gasteiger partial charge on any atom is -0.369 e. The topological polar surface area (TPSA) is 98.3 Å². The van der Waals surface area contributed by atoms with Crippen molar-refractivity contribution in [2.45, 2.75) is 31.8 Å². The molecule has 4 rings (SSSR count). The Morgan fingerprint density at radius 2 is 2.00 bits per heavy atom. The summed E-state index contributed by atoms with van der Waals surface area (Å²) < 4.78 is 1.54. The van der Waals surface area contributed by atoms with Gasteiger partial charge in [-0.05, 0) is 56.5 Å². The molecule has 1 fully saturated rings. The predicted molar refractivity (Wildman–Crippen MR) is 129 cm³/mol. The van der Waals surface area contributed by atoms with Gasteiger partial charge in [0, 0.05) is 23.0 Å². The number of rotatable bonds is 5. The van der Waals surface area contributed by atoms with Crippen molar-refractivity contribution in [2.75, 3.05) is 18.8 Å². The van der Waals surface area contributed by atoms with Gasteiger partial charge in [0.2, 0.25) is 11.8 Å². The van der Waals surface area contributed by atoms with E-state index in [1.54, 1.807) is 29.2 Å². The van der Waals surface area contributed by atoms with Gasteiger partial charge in [0.25, 0.3) is 5.56 Å². The molecule has 32 heavy (non-hydrogen) atoms. The van der Waals surface area contributed by atoms with Crippen LogP contribution in [0.15, 0.2) is 34.2 Å². The number of thioether (sulfide) groups is 1. The van der Waals surface area contributed by atoms with Gasteiger partial charge in [0.05, 0.1) is 22.7 Å². The molecule has 1 atom stereocenters. The van der Waals surface area contributed by atoms with Crippen molar-refractivity contribution in [3.8, 4) is 5.69 Å². The van der Waals surface area contributed by atoms with Gasteiger partial charge in [0.15, 0.2) is 5.16 Å². The highest BCUT2D eigenvalue weighted by Gasteiger charge is 2.27. The number of fused-ring (bicyclic) bond motifs is 1. The first kappa shape index (κ1) is 22.8. The molecule has 7 nitrogen and oxygen atoms in total. The lowest BCUT2D eigenvalue weighted by Gasteiger charge is -2.31. The number of nitrogens with two attached hydrogens (primary N) is 1. The maximum atomic E-state index is 13.5. The van der Waals surface area contributed by atoms with Crippen LogP contribution >= 0.6 is 34.7 Å². The van der Waals surface area contributed by atoms with Crippen LogP contribution in [0.2, 0.25) is 5.02 Å². The van der Waals surface area contributed by atoms with Gasteiger partial charge in [-0.25, -0.2) is 4.98 Å². The number of carbonyl (C=O) groups excluding carboxylic acids is 2. The second kappa shape index (κ2) is 9.25. The van der Waals surface area contributed by atoms with E-state index in [0.717, 1.165) is 16.9 Å². The quantitative estimate of drug-likeness (QED) is 0.435. The number of benzene rings is 1. The van der Waals surface area contributed by atoms with Gasteiger partial charge in [-0.1, -0.05) is 23.4 Å². The van der Waals surface area contributed by atoms with Gasteiger partial charge < -0.3 is 10.6 Å². The van der Waals surface area contributed by atoms with Crippen LogP contribution in [-0.4, -0.2) is 45.1 Å². The van der Waals surface area contributed by atoms with Crippen LogP contribution in [-0.2, 0) is 9.59 Å². The van der Waals surface area contributed by atoms with E-state index in [9.17, 15) is 14.4 Å². The van der Waals surface area contributed by atoms with Crippen molar-refractivity contribution < 1.29 is 9.59 Å². The van der Waals surface area contributed by atoms with E-state index in [-0.39, 0.29) is 29.0 Å². The van der Waals surface area contributed by atoms with Gasteiger partial charge in [0.1, 0.15) is 4.83 Å². The van der Waals surface area contributed by atoms with Crippen molar-refractivity contribution in [1.29, 1.82) is 0 Å². The molecule has 0 saturated carbocycles. The lowest BCUT2D eigenvalue weighted by Crippen LogP contribution is -2.44. The summed E-state index contributed by atoms with van der Waals surface area (Å²) in [5.74, 6) is -0.671. The molecule has 0 radical (unpaired) electrons. The Labute approximate surface area is 198 Å². The molecule has 0 bridgehead atoms. The third-order valence-electron chi connectivity index (χ3n) is 5.76. The number of primary amides is 1. The fourth-order valence-corrected chi connectivity index (χ4v) is 5.96. The lowest BCUT2D eigenvalue weighted by atomic mass is 9.97. The summed E-state index contributed by atoms with van der Waals surface area (Å²) >= 11 is 8.73. The summed E-state index contributed by atoms with van der Waals surface area (Å²) in [6.07, 6.45) is 1.45. The summed E-state index contributed by atoms with van der Waals surface area (Å²) in [4.78, 5) is 46.0. The molecule has 3 aromatic rings. The fourth-order valence-electron chi connectivity index (χ4n) is 3.84. The number of likely N-dealkylation sites (tertiary alicyclic amines) is 1. The summed E-state index contributed by atoms with van der Waals surface area (Å²) in [5, 5.41) is 1.61. The van der Waals surface area contributed by atoms with E-state index in [1.165, 1.54) is 27.7 Å². The van der Waals surface area contributed by atoms with Crippen LogP contribution in [0, 0.1) is 19.8 Å². The number of aryl methyl sites for hydroxylation is 2. The Morgan fingerprint density at radius 1 is 1.28 bits per heavy atom. The molecule has 10 heteroatoms. The van der Waals surface area contributed by atoms with Crippen molar-refractivity contribution in [3.63, 3.8) is 0 Å². The van der Waals surface area contributed by atoms with Crippen molar-refractivity contribution in [3.05, 3.63) is 50.1 Å². The number of hydrogen-bond acceptors (Lipinski definition) is 6. The van der Waals surface area contributed by atoms with E-state index < -0.39 is 0 Å². The van der Waals surface area contributed by atoms with E-state index in [0.29, 0.717) is 45.6 Å². The predicted octanol–water partition coefficient (Wildman–Crippen LogP) is 3.53. The summed E-state index contributed by atoms with van der Waals surface area (Å²) in [7, 11) is 0. The van der Waals surface area contributed by atoms with E-state index >= 15 is 0 Å². The van der Waals surface area contributed by atoms with Crippen molar-refractivity contribution in [2.24, 2.45) is 11.7 Å². The van der Waals surface area contributed by atoms with Gasteiger partial charge in [-0.15, -0.1) is 11.3 Å². The second-order valence-corrected chi connectivity index (χ2v) is 10.4. The highest BCUT2D eigenvalue weighted by atomic mass is 35.5. The molecule has 2 aromatic heterocycles. The molecule has 0 aliphatic carbocycles. The molecule has 1 aliphatic heterocycles. The fraction of sp³-hybridized carbons (Fsp3) is 0.364. The third kappa shape index (κ3) is 4.42. The molecule has 3 heterocycles. The zero-order valence-electron chi connectivity index (χ0n) is 17.8. The maximum absolute atomic E-state index is 13.5. The monoisotopic (exact) mass is 490 g/mol. The first-order valence-electron chi connectivity index (χ1n) is 10.2. The van der Waals surface area contributed by atoms with Crippen LogP contribution in [0.3, 0.4) is 0 Å². The summed E-state index contributed by atoms with van der Waals surface area (Å²) in [6.45, 7) is 4.83. The smallest absolute Gasteiger partial charge is 0.267 e. The number of piperidine rings is 1. The zero-order valence-corrected chi connectivity index (χ0v) is 20.1. The minimum atomic E-state index is -0.373. The molecule has 168 valence electrons. The summed E-state index contributed by atoms with van der Waals surface area (Å²) in [6, 6.07) is 6.96. The Balaban J connectivity index is 1.67. The molecule has 2 N–H and O–H groups in total. The van der Waals surface area contributed by atoms with Crippen molar-refractivity contribution >= 4 is 56.7 Å². The first-order chi connectivity index (χ1) is 15.3. The molecule has 1 aliphatic rings. The molecule has 1 saturated heterocycles. The van der Waals surface area contributed by atoms with Crippen molar-refractivity contribution in [1.82, 2.24) is 14.5 Å². The second-order valence-electron chi connectivity index (χ2n) is 7.84. The molecule has 2 amide bonds. The van der Waals surface area contributed by atoms with Crippen LogP contribution < -0.4 is 11.3 Å². The molecule has 0 spiro atoms. The Kier molecular flexibility index (Phi) is 6.60. The highest BCUT2D eigenvalue weighted by molar-refractivity contribution is 7.99. The normalized spacial score (nSPS) is 16.5. The Morgan fingerprint density at radius 3 is 2.69 bits per heavy atom. The number of nitrogens with zero attached hydrogens (tertiary/aromatic N) is 3. The standard InChI is InChI=1S/C22H23ClN4O3S2/c1-12-13(2)32-20-18(12)21(30)27(16-7-5-15(23)6-8-16)22(25-20)31-11-17(28)26-9-3-4-14(10-26)19(24)29/h5-8,14H,3-4,9-11H2,1-2H3,(H2,24,29). The number of hydrogen-bond donors (Lipinski definition) is 1. The maximum Gasteiger partial charge on any atom is 0.267 e. The third-order valence-corrected chi connectivity index (χ3v) is 8.03. The molecule has 1 unspecified atom stereocenters. The number of carbonyl (C=O) groups is 2.